The van der Waals surface area contributed by atoms with Gasteiger partial charge in [0.2, 0.25) is 0 Å². The SMILES string of the molecule is CC(C)C[C@H](CC(=O)[C@@H]1Cc2ccc(N)cc2CN1C)C(=O)OC1CCCC1. The van der Waals surface area contributed by atoms with Gasteiger partial charge in [0.1, 0.15) is 6.10 Å². The van der Waals surface area contributed by atoms with Crippen LogP contribution in [0.25, 0.3) is 0 Å². The first kappa shape index (κ1) is 20.8. The molecule has 0 unspecified atom stereocenters. The zero-order valence-electron chi connectivity index (χ0n) is 17.4. The van der Waals surface area contributed by atoms with Gasteiger partial charge in [0.05, 0.1) is 12.0 Å². The summed E-state index contributed by atoms with van der Waals surface area (Å²) in [4.78, 5) is 28.0. The van der Waals surface area contributed by atoms with Crippen LogP contribution in [-0.4, -0.2) is 35.8 Å². The Morgan fingerprint density at radius 2 is 1.93 bits per heavy atom. The van der Waals surface area contributed by atoms with Gasteiger partial charge < -0.3 is 10.5 Å². The third kappa shape index (κ3) is 5.13. The van der Waals surface area contributed by atoms with Gasteiger partial charge >= 0.3 is 5.97 Å². The van der Waals surface area contributed by atoms with Crippen LogP contribution < -0.4 is 5.73 Å². The van der Waals surface area contributed by atoms with Gasteiger partial charge in [-0.2, -0.15) is 0 Å². The molecule has 28 heavy (non-hydrogen) atoms. The number of nitrogens with two attached hydrogens (primary N) is 1. The summed E-state index contributed by atoms with van der Waals surface area (Å²) in [6.07, 6.45) is 5.86. The number of benzene rings is 1. The molecule has 0 radical (unpaired) electrons. The predicted octanol–water partition coefficient (Wildman–Crippen LogP) is 3.73. The largest absolute Gasteiger partial charge is 0.462 e. The van der Waals surface area contributed by atoms with Crippen molar-refractivity contribution in [2.24, 2.45) is 11.8 Å². The van der Waals surface area contributed by atoms with Crippen LogP contribution in [0.4, 0.5) is 5.69 Å². The minimum absolute atomic E-state index is 0.0481. The maximum atomic E-state index is 13.1. The Kier molecular flexibility index (Phi) is 6.76. The Morgan fingerprint density at radius 3 is 2.61 bits per heavy atom. The summed E-state index contributed by atoms with van der Waals surface area (Å²) in [5, 5.41) is 0. The fourth-order valence-electron chi connectivity index (χ4n) is 4.57. The fraction of sp³-hybridized carbons (Fsp3) is 0.652. The molecule has 0 bridgehead atoms. The van der Waals surface area contributed by atoms with E-state index in [2.05, 4.69) is 18.7 Å². The van der Waals surface area contributed by atoms with Gasteiger partial charge in [0.25, 0.3) is 0 Å². The van der Waals surface area contributed by atoms with Crippen molar-refractivity contribution in [3.63, 3.8) is 0 Å². The molecule has 1 saturated carbocycles. The Labute approximate surface area is 168 Å². The van der Waals surface area contributed by atoms with Gasteiger partial charge in [-0.15, -0.1) is 0 Å². The lowest BCUT2D eigenvalue weighted by molar-refractivity contribution is -0.156. The average Bonchev–Trinajstić information content (AvgIpc) is 3.12. The molecule has 1 aromatic carbocycles. The van der Waals surface area contributed by atoms with Gasteiger partial charge in [-0.1, -0.05) is 19.9 Å². The molecule has 5 nitrogen and oxygen atoms in total. The lowest BCUT2D eigenvalue weighted by Crippen LogP contribution is -2.44. The van der Waals surface area contributed by atoms with Gasteiger partial charge in [0, 0.05) is 18.7 Å². The highest BCUT2D eigenvalue weighted by molar-refractivity contribution is 5.88. The molecule has 3 rings (SSSR count). The van der Waals surface area contributed by atoms with Crippen LogP contribution in [-0.2, 0) is 27.3 Å². The highest BCUT2D eigenvalue weighted by Gasteiger charge is 2.34. The summed E-state index contributed by atoms with van der Waals surface area (Å²) in [5.41, 5.74) is 9.02. The van der Waals surface area contributed by atoms with Crippen LogP contribution >= 0.6 is 0 Å². The van der Waals surface area contributed by atoms with E-state index in [1.54, 1.807) is 0 Å². The van der Waals surface area contributed by atoms with Crippen molar-refractivity contribution in [2.75, 3.05) is 12.8 Å². The predicted molar refractivity (Wildman–Crippen MR) is 111 cm³/mol. The van der Waals surface area contributed by atoms with E-state index in [1.807, 2.05) is 25.2 Å². The van der Waals surface area contributed by atoms with E-state index in [4.69, 9.17) is 10.5 Å². The second-order valence-corrected chi connectivity index (χ2v) is 9.00. The van der Waals surface area contributed by atoms with E-state index in [1.165, 1.54) is 11.1 Å². The first-order chi connectivity index (χ1) is 13.3. The number of hydrogen-bond acceptors (Lipinski definition) is 5. The molecule has 5 heteroatoms. The number of carbonyl (C=O) groups is 2. The van der Waals surface area contributed by atoms with Crippen LogP contribution in [0.2, 0.25) is 0 Å². The molecular formula is C23H34N2O3. The smallest absolute Gasteiger partial charge is 0.309 e. The number of ether oxygens (including phenoxy) is 1. The van der Waals surface area contributed by atoms with Crippen molar-refractivity contribution >= 4 is 17.4 Å². The maximum absolute atomic E-state index is 13.1. The molecule has 2 atom stereocenters. The number of hydrogen-bond donors (Lipinski definition) is 1. The molecule has 2 aliphatic rings. The molecule has 1 aliphatic heterocycles. The number of Topliss-reactive ketones (excluding diaryl/α,β-unsaturated/α-hetero) is 1. The molecule has 1 heterocycles. The first-order valence-electron chi connectivity index (χ1n) is 10.6. The van der Waals surface area contributed by atoms with E-state index in [0.717, 1.165) is 31.4 Å². The standard InChI is InChI=1S/C23H34N2O3/c1-15(2)10-17(23(27)28-20-6-4-5-7-20)13-22(26)21-12-16-8-9-19(24)11-18(16)14-25(21)3/h8-9,11,15,17,20-21H,4-7,10,12-14,24H2,1-3H3/t17-,21+/m1/s1. The third-order valence-electron chi connectivity index (χ3n) is 6.09. The van der Waals surface area contributed by atoms with Gasteiger partial charge in [-0.25, -0.2) is 0 Å². The topological polar surface area (TPSA) is 72.6 Å². The fourth-order valence-corrected chi connectivity index (χ4v) is 4.57. The summed E-state index contributed by atoms with van der Waals surface area (Å²) in [6.45, 7) is 4.89. The molecule has 1 fully saturated rings. The summed E-state index contributed by atoms with van der Waals surface area (Å²) in [5.74, 6) is -0.0318. The van der Waals surface area contributed by atoms with Gasteiger partial charge in [-0.05, 0) is 74.8 Å². The Morgan fingerprint density at radius 1 is 1.21 bits per heavy atom. The third-order valence-corrected chi connectivity index (χ3v) is 6.09. The van der Waals surface area contributed by atoms with Gasteiger partial charge in [-0.3, -0.25) is 14.5 Å². The zero-order chi connectivity index (χ0) is 20.3. The Bertz CT molecular complexity index is 710. The second kappa shape index (κ2) is 9.08. The van der Waals surface area contributed by atoms with Crippen molar-refractivity contribution in [3.8, 4) is 0 Å². The molecule has 0 spiro atoms. The first-order valence-corrected chi connectivity index (χ1v) is 10.6. The monoisotopic (exact) mass is 386 g/mol. The molecule has 1 aromatic rings. The van der Waals surface area contributed by atoms with Crippen molar-refractivity contribution in [1.29, 1.82) is 0 Å². The number of fused-ring (bicyclic) bond motifs is 1. The molecule has 0 aromatic heterocycles. The second-order valence-electron chi connectivity index (χ2n) is 9.00. The van der Waals surface area contributed by atoms with Crippen LogP contribution in [0.1, 0.15) is 63.5 Å². The lowest BCUT2D eigenvalue weighted by atomic mass is 9.86. The summed E-state index contributed by atoms with van der Waals surface area (Å²) < 4.78 is 5.74. The maximum Gasteiger partial charge on any atom is 0.309 e. The van der Waals surface area contributed by atoms with E-state index >= 15 is 0 Å². The van der Waals surface area contributed by atoms with Crippen LogP contribution in [0.3, 0.4) is 0 Å². The van der Waals surface area contributed by atoms with E-state index in [9.17, 15) is 9.59 Å². The molecule has 154 valence electrons. The van der Waals surface area contributed by atoms with E-state index < -0.39 is 0 Å². The summed E-state index contributed by atoms with van der Waals surface area (Å²) in [7, 11) is 1.98. The Hall–Kier alpha value is -1.88. The number of anilines is 1. The lowest BCUT2D eigenvalue weighted by Gasteiger charge is -2.34. The van der Waals surface area contributed by atoms with Crippen molar-refractivity contribution in [2.45, 2.75) is 77.5 Å². The average molecular weight is 387 g/mol. The highest BCUT2D eigenvalue weighted by Crippen LogP contribution is 2.28. The van der Waals surface area contributed by atoms with Crippen LogP contribution in [0, 0.1) is 11.8 Å². The Balaban J connectivity index is 1.66. The molecule has 1 aliphatic carbocycles. The highest BCUT2D eigenvalue weighted by atomic mass is 16.5. The number of rotatable bonds is 7. The van der Waals surface area contributed by atoms with Crippen LogP contribution in [0.15, 0.2) is 18.2 Å². The molecule has 0 amide bonds. The van der Waals surface area contributed by atoms with Crippen LogP contribution in [0.5, 0.6) is 0 Å². The number of nitrogen functional groups attached to an aromatic ring is 1. The van der Waals surface area contributed by atoms with E-state index in [-0.39, 0.29) is 36.2 Å². The molecular weight excluding hydrogens is 352 g/mol. The quantitative estimate of drug-likeness (QED) is 0.571. The minimum Gasteiger partial charge on any atom is -0.462 e. The molecule has 2 N–H and O–H groups in total. The van der Waals surface area contributed by atoms with Crippen molar-refractivity contribution in [1.82, 2.24) is 4.90 Å². The minimum atomic E-state index is -0.339. The number of likely N-dealkylation sites (N-methyl/N-ethyl adjacent to an activating group) is 1. The number of nitrogens with zero attached hydrogens (tertiary/aromatic N) is 1. The number of esters is 1. The normalized spacial score (nSPS) is 21.5. The molecule has 0 saturated heterocycles. The summed E-state index contributed by atoms with van der Waals surface area (Å²) in [6, 6.07) is 5.72. The van der Waals surface area contributed by atoms with Crippen molar-refractivity contribution < 1.29 is 14.3 Å². The zero-order valence-corrected chi connectivity index (χ0v) is 17.4. The van der Waals surface area contributed by atoms with Crippen molar-refractivity contribution in [3.05, 3.63) is 29.3 Å². The number of carbonyl (C=O) groups excluding carboxylic acids is 2. The van der Waals surface area contributed by atoms with E-state index in [0.29, 0.717) is 25.3 Å². The summed E-state index contributed by atoms with van der Waals surface area (Å²) >= 11 is 0. The van der Waals surface area contributed by atoms with Gasteiger partial charge in [0.15, 0.2) is 5.78 Å². The number of ketones is 1.